The summed E-state index contributed by atoms with van der Waals surface area (Å²) in [6.07, 6.45) is 2.22. The summed E-state index contributed by atoms with van der Waals surface area (Å²) in [5.74, 6) is 0.498. The molecule has 1 amide bonds. The highest BCUT2D eigenvalue weighted by atomic mass is 16.5. The van der Waals surface area contributed by atoms with E-state index >= 15 is 0 Å². The van der Waals surface area contributed by atoms with Gasteiger partial charge < -0.3 is 14.8 Å². The number of benzene rings is 1. The lowest BCUT2D eigenvalue weighted by Crippen LogP contribution is -2.14. The number of carbonyl (C=O) groups excluding carboxylic acids is 2. The Kier molecular flexibility index (Phi) is 6.56. The average Bonchev–Trinajstić information content (AvgIpc) is 2.41. The van der Waals surface area contributed by atoms with E-state index in [4.69, 9.17) is 9.47 Å². The molecule has 0 unspecified atom stereocenters. The van der Waals surface area contributed by atoms with Gasteiger partial charge in [0.1, 0.15) is 5.75 Å². The molecule has 0 radical (unpaired) electrons. The largest absolute Gasteiger partial charge is 0.497 e. The minimum atomic E-state index is -0.316. The van der Waals surface area contributed by atoms with Gasteiger partial charge in [-0.25, -0.2) is 0 Å². The number of methoxy groups -OCH3 is 1. The van der Waals surface area contributed by atoms with Gasteiger partial charge in [0.05, 0.1) is 12.8 Å². The van der Waals surface area contributed by atoms with Gasteiger partial charge in [-0.3, -0.25) is 9.59 Å². The van der Waals surface area contributed by atoms with E-state index in [0.29, 0.717) is 36.4 Å². The van der Waals surface area contributed by atoms with Crippen molar-refractivity contribution in [3.63, 3.8) is 0 Å². The van der Waals surface area contributed by atoms with Gasteiger partial charge in [0.15, 0.2) is 5.75 Å². The standard InChI is InChI=1S/C15H21NO4/c1-4-6-14(17)16-12-10-11(19-3)8-9-13(12)20-15(18)7-5-2/h8-10H,4-7H2,1-3H3,(H,16,17). The van der Waals surface area contributed by atoms with Crippen molar-refractivity contribution in [3.05, 3.63) is 18.2 Å². The van der Waals surface area contributed by atoms with Crippen LogP contribution in [0.15, 0.2) is 18.2 Å². The second-order valence-electron chi connectivity index (χ2n) is 4.38. The topological polar surface area (TPSA) is 64.6 Å². The van der Waals surface area contributed by atoms with E-state index in [9.17, 15) is 9.59 Å². The Morgan fingerprint density at radius 2 is 1.85 bits per heavy atom. The minimum Gasteiger partial charge on any atom is -0.497 e. The van der Waals surface area contributed by atoms with Crippen molar-refractivity contribution in [2.75, 3.05) is 12.4 Å². The average molecular weight is 279 g/mol. The Hall–Kier alpha value is -2.04. The van der Waals surface area contributed by atoms with E-state index in [1.165, 1.54) is 7.11 Å². The summed E-state index contributed by atoms with van der Waals surface area (Å²) in [6.45, 7) is 3.83. The number of amides is 1. The van der Waals surface area contributed by atoms with E-state index in [2.05, 4.69) is 5.32 Å². The summed E-state index contributed by atoms with van der Waals surface area (Å²) < 4.78 is 10.4. The third-order valence-electron chi connectivity index (χ3n) is 2.62. The van der Waals surface area contributed by atoms with Gasteiger partial charge in [0.2, 0.25) is 5.91 Å². The maximum absolute atomic E-state index is 11.7. The summed E-state index contributed by atoms with van der Waals surface area (Å²) in [5.41, 5.74) is 0.451. The van der Waals surface area contributed by atoms with Crippen molar-refractivity contribution in [2.45, 2.75) is 39.5 Å². The van der Waals surface area contributed by atoms with Crippen LogP contribution in [0.25, 0.3) is 0 Å². The van der Waals surface area contributed by atoms with E-state index in [-0.39, 0.29) is 11.9 Å². The number of hydrogen-bond acceptors (Lipinski definition) is 4. The maximum Gasteiger partial charge on any atom is 0.311 e. The maximum atomic E-state index is 11.7. The molecule has 0 saturated heterocycles. The Balaban J connectivity index is 2.91. The summed E-state index contributed by atoms with van der Waals surface area (Å²) in [4.78, 5) is 23.2. The van der Waals surface area contributed by atoms with Crippen molar-refractivity contribution in [1.82, 2.24) is 0 Å². The lowest BCUT2D eigenvalue weighted by Gasteiger charge is -2.12. The molecule has 1 rings (SSSR count). The predicted molar refractivity (Wildman–Crippen MR) is 77.1 cm³/mol. The molecule has 0 aliphatic heterocycles. The zero-order chi connectivity index (χ0) is 15.0. The number of ether oxygens (including phenoxy) is 2. The fourth-order valence-electron chi connectivity index (χ4n) is 1.64. The highest BCUT2D eigenvalue weighted by Gasteiger charge is 2.12. The third-order valence-corrected chi connectivity index (χ3v) is 2.62. The lowest BCUT2D eigenvalue weighted by atomic mass is 10.2. The van der Waals surface area contributed by atoms with Crippen molar-refractivity contribution in [1.29, 1.82) is 0 Å². The third kappa shape index (κ3) is 4.91. The first-order valence-corrected chi connectivity index (χ1v) is 6.79. The van der Waals surface area contributed by atoms with Crippen LogP contribution in [0, 0.1) is 0 Å². The SMILES string of the molecule is CCCC(=O)Nc1cc(OC)ccc1OC(=O)CCC. The molecule has 0 aliphatic rings. The molecule has 0 spiro atoms. The van der Waals surface area contributed by atoms with E-state index in [0.717, 1.165) is 6.42 Å². The fraction of sp³-hybridized carbons (Fsp3) is 0.467. The summed E-state index contributed by atoms with van der Waals surface area (Å²) >= 11 is 0. The van der Waals surface area contributed by atoms with Gasteiger partial charge in [0.25, 0.3) is 0 Å². The number of anilines is 1. The van der Waals surface area contributed by atoms with Crippen molar-refractivity contribution in [3.8, 4) is 11.5 Å². The molecule has 0 aromatic heterocycles. The first kappa shape index (κ1) is 16.0. The number of nitrogens with one attached hydrogen (secondary N) is 1. The van der Waals surface area contributed by atoms with Crippen molar-refractivity contribution >= 4 is 17.6 Å². The Morgan fingerprint density at radius 1 is 1.15 bits per heavy atom. The van der Waals surface area contributed by atoms with Crippen LogP contribution in [0.1, 0.15) is 39.5 Å². The smallest absolute Gasteiger partial charge is 0.311 e. The van der Waals surface area contributed by atoms with Gasteiger partial charge in [-0.2, -0.15) is 0 Å². The normalized spacial score (nSPS) is 9.95. The highest BCUT2D eigenvalue weighted by molar-refractivity contribution is 5.93. The second kappa shape index (κ2) is 8.19. The van der Waals surface area contributed by atoms with Crippen LogP contribution in [-0.2, 0) is 9.59 Å². The van der Waals surface area contributed by atoms with Crippen molar-refractivity contribution < 1.29 is 19.1 Å². The monoisotopic (exact) mass is 279 g/mol. The molecule has 0 fully saturated rings. The predicted octanol–water partition coefficient (Wildman–Crippen LogP) is 3.14. The Morgan fingerprint density at radius 3 is 2.45 bits per heavy atom. The second-order valence-corrected chi connectivity index (χ2v) is 4.38. The first-order valence-electron chi connectivity index (χ1n) is 6.79. The number of esters is 1. The zero-order valence-corrected chi connectivity index (χ0v) is 12.2. The van der Waals surface area contributed by atoms with Gasteiger partial charge in [-0.05, 0) is 25.0 Å². The molecule has 0 bridgehead atoms. The number of hydrogen-bond donors (Lipinski definition) is 1. The molecular weight excluding hydrogens is 258 g/mol. The van der Waals surface area contributed by atoms with Gasteiger partial charge in [-0.15, -0.1) is 0 Å². The molecule has 110 valence electrons. The lowest BCUT2D eigenvalue weighted by molar-refractivity contribution is -0.134. The summed E-state index contributed by atoms with van der Waals surface area (Å²) in [6, 6.07) is 4.94. The van der Waals surface area contributed by atoms with Gasteiger partial charge >= 0.3 is 5.97 Å². The Bertz CT molecular complexity index is 471. The van der Waals surface area contributed by atoms with Crippen LogP contribution < -0.4 is 14.8 Å². The molecule has 1 aromatic rings. The molecule has 0 atom stereocenters. The summed E-state index contributed by atoms with van der Waals surface area (Å²) in [5, 5.41) is 2.74. The quantitative estimate of drug-likeness (QED) is 0.615. The van der Waals surface area contributed by atoms with E-state index < -0.39 is 0 Å². The first-order chi connectivity index (χ1) is 9.60. The molecular formula is C15H21NO4. The van der Waals surface area contributed by atoms with E-state index in [1.807, 2.05) is 13.8 Å². The molecule has 5 nitrogen and oxygen atoms in total. The molecule has 0 heterocycles. The van der Waals surface area contributed by atoms with Crippen molar-refractivity contribution in [2.24, 2.45) is 0 Å². The van der Waals surface area contributed by atoms with Gasteiger partial charge in [0, 0.05) is 18.9 Å². The molecule has 1 N–H and O–H groups in total. The van der Waals surface area contributed by atoms with Crippen LogP contribution >= 0.6 is 0 Å². The van der Waals surface area contributed by atoms with Crippen LogP contribution in [-0.4, -0.2) is 19.0 Å². The molecule has 0 saturated carbocycles. The summed E-state index contributed by atoms with van der Waals surface area (Å²) in [7, 11) is 1.54. The minimum absolute atomic E-state index is 0.117. The molecule has 0 aliphatic carbocycles. The van der Waals surface area contributed by atoms with E-state index in [1.54, 1.807) is 18.2 Å². The molecule has 1 aromatic carbocycles. The van der Waals surface area contributed by atoms with Crippen LogP contribution in [0.3, 0.4) is 0 Å². The fourth-order valence-corrected chi connectivity index (χ4v) is 1.64. The zero-order valence-electron chi connectivity index (χ0n) is 12.2. The highest BCUT2D eigenvalue weighted by Crippen LogP contribution is 2.29. The van der Waals surface area contributed by atoms with Gasteiger partial charge in [-0.1, -0.05) is 13.8 Å². The van der Waals surface area contributed by atoms with Crippen LogP contribution in [0.2, 0.25) is 0 Å². The molecule has 20 heavy (non-hydrogen) atoms. The van der Waals surface area contributed by atoms with Crippen LogP contribution in [0.5, 0.6) is 11.5 Å². The number of carbonyl (C=O) groups is 2. The van der Waals surface area contributed by atoms with Crippen LogP contribution in [0.4, 0.5) is 5.69 Å². The Labute approximate surface area is 119 Å². The molecule has 5 heteroatoms. The number of rotatable bonds is 7.